The van der Waals surface area contributed by atoms with Crippen molar-refractivity contribution in [1.82, 2.24) is 0 Å². The number of rotatable bonds is 7. The third-order valence-electron chi connectivity index (χ3n) is 23.9. The first-order chi connectivity index (χ1) is 47.9. The van der Waals surface area contributed by atoms with Crippen LogP contribution in [-0.4, -0.2) is 0 Å². The molecule has 0 bridgehead atoms. The molecule has 0 radical (unpaired) electrons. The van der Waals surface area contributed by atoms with Crippen LogP contribution in [0.4, 0.5) is 17.1 Å². The molecule has 0 aliphatic heterocycles. The van der Waals surface area contributed by atoms with Gasteiger partial charge in [-0.15, -0.1) is 0 Å². The van der Waals surface area contributed by atoms with Gasteiger partial charge in [-0.2, -0.15) is 0 Å². The molecule has 0 atom stereocenters. The highest BCUT2D eigenvalue weighted by atomic mass is 16.3. The maximum absolute atomic E-state index is 7.17. The first-order valence-electron chi connectivity index (χ1n) is 34.7. The molecule has 3 nitrogen and oxygen atoms in total. The predicted molar refractivity (Wildman–Crippen MR) is 403 cm³/mol. The van der Waals surface area contributed by atoms with E-state index in [0.29, 0.717) is 0 Å². The van der Waals surface area contributed by atoms with E-state index in [-0.39, 0.29) is 10.8 Å². The topological polar surface area (TPSA) is 29.5 Å². The van der Waals surface area contributed by atoms with Crippen LogP contribution in [0, 0.1) is 0 Å². The largest absolute Gasteiger partial charge is 0.456 e. The summed E-state index contributed by atoms with van der Waals surface area (Å²) in [4.78, 5) is 2.63. The second kappa shape index (κ2) is 19.4. The van der Waals surface area contributed by atoms with Gasteiger partial charge in [0.15, 0.2) is 0 Å². The van der Waals surface area contributed by atoms with Crippen molar-refractivity contribution in [3.63, 3.8) is 0 Å². The molecule has 2 heterocycles. The summed E-state index contributed by atoms with van der Waals surface area (Å²) in [5, 5.41) is 4.62. The SMILES string of the molecule is CC1(C)c2ccccc2-c2c(N(c3ccc4c(c3)C(C)(C)c3c5c(c6oc7ccccc7c6c3-4)-c3ccccc3C5(C)C)c3ccc4c(c3)C(c3ccccc3)(c3ccccc3)c3cc5c(cc3-4)C(c3ccccc3)(c3ccccc3)c3ccc4oc6ccccc6c4c3-5)cccc21. The number of hydrogen-bond donors (Lipinski definition) is 0. The standard InChI is InChI=1S/C95H67NO2/c1-91(2)70-40-23-19-36-63(70)82-72(91)42-27-43-78(82)96(60-47-49-65-74(52-60)93(5,6)88-85(65)86-67-39-22-26-45-80(67)98-90(86)87-64-37-20-24-41-71(64)92(3,4)89(87)88)61-46-48-62-68-54-77-69(55-76(68)95(75(62)53-61,58-32-15-9-16-33-58)59-34-17-10-18-35-59)83-73(50-51-81-84(83)66-38-21-25-44-79(66)97-81)94(77,56-28-11-7-12-29-56)57-30-13-8-14-31-57/h7-55H,1-6H3. The summed E-state index contributed by atoms with van der Waals surface area (Å²) >= 11 is 0. The first kappa shape index (κ1) is 55.7. The van der Waals surface area contributed by atoms with Crippen LogP contribution in [0.25, 0.3) is 99.5 Å². The van der Waals surface area contributed by atoms with Gasteiger partial charge in [-0.05, 0) is 183 Å². The van der Waals surface area contributed by atoms with E-state index >= 15 is 0 Å². The average molecular weight is 1250 g/mol. The van der Waals surface area contributed by atoms with Crippen LogP contribution < -0.4 is 4.90 Å². The fourth-order valence-electron chi connectivity index (χ4n) is 19.9. The smallest absolute Gasteiger partial charge is 0.144 e. The average Bonchev–Trinajstić information content (AvgIpc) is 1.51. The van der Waals surface area contributed by atoms with E-state index in [9.17, 15) is 0 Å². The molecule has 0 saturated heterocycles. The number of anilines is 3. The Balaban J connectivity index is 0.862. The van der Waals surface area contributed by atoms with E-state index < -0.39 is 16.2 Å². The van der Waals surface area contributed by atoms with Gasteiger partial charge in [-0.25, -0.2) is 0 Å². The summed E-state index contributed by atoms with van der Waals surface area (Å²) in [5.41, 5.74) is 35.0. The van der Waals surface area contributed by atoms with Gasteiger partial charge < -0.3 is 13.7 Å². The third kappa shape index (κ3) is 6.84. The molecule has 16 aromatic rings. The lowest BCUT2D eigenvalue weighted by molar-refractivity contribution is 0.600. The Bertz CT molecular complexity index is 6060. The Morgan fingerprint density at radius 2 is 0.704 bits per heavy atom. The number of fused-ring (bicyclic) bond motifs is 25. The Morgan fingerprint density at radius 1 is 0.255 bits per heavy atom. The van der Waals surface area contributed by atoms with Crippen LogP contribution in [0.3, 0.4) is 0 Å². The number of hydrogen-bond acceptors (Lipinski definition) is 3. The van der Waals surface area contributed by atoms with Gasteiger partial charge in [0.1, 0.15) is 22.3 Å². The van der Waals surface area contributed by atoms with Crippen molar-refractivity contribution in [2.24, 2.45) is 0 Å². The highest BCUT2D eigenvalue weighted by Gasteiger charge is 2.54. The predicted octanol–water partition coefficient (Wildman–Crippen LogP) is 24.6. The molecule has 5 aliphatic carbocycles. The Morgan fingerprint density at radius 3 is 1.34 bits per heavy atom. The molecule has 2 aromatic heterocycles. The molecule has 0 amide bonds. The van der Waals surface area contributed by atoms with E-state index in [4.69, 9.17) is 8.83 Å². The van der Waals surface area contributed by atoms with Gasteiger partial charge in [0, 0.05) is 60.3 Å². The van der Waals surface area contributed by atoms with Crippen LogP contribution in [0.5, 0.6) is 0 Å². The summed E-state index contributed by atoms with van der Waals surface area (Å²) in [6, 6.07) is 113. The summed E-state index contributed by atoms with van der Waals surface area (Å²) in [6.07, 6.45) is 0. The molecule has 464 valence electrons. The molecule has 5 aliphatic rings. The zero-order chi connectivity index (χ0) is 65.3. The Hall–Kier alpha value is -11.5. The normalized spacial score (nSPS) is 15.9. The molecule has 21 rings (SSSR count). The van der Waals surface area contributed by atoms with Crippen molar-refractivity contribution in [1.29, 1.82) is 0 Å². The zero-order valence-electron chi connectivity index (χ0n) is 55.6. The third-order valence-corrected chi connectivity index (χ3v) is 23.9. The second-order valence-electron chi connectivity index (χ2n) is 29.6. The molecular formula is C95H67NO2. The lowest BCUT2D eigenvalue weighted by atomic mass is 9.66. The number of nitrogens with zero attached hydrogens (tertiary/aromatic N) is 1. The van der Waals surface area contributed by atoms with Crippen LogP contribution in [0.2, 0.25) is 0 Å². The number of furan rings is 2. The summed E-state index contributed by atoms with van der Waals surface area (Å²) < 4.78 is 14.0. The molecule has 14 aromatic carbocycles. The quantitative estimate of drug-likeness (QED) is 0.159. The summed E-state index contributed by atoms with van der Waals surface area (Å²) in [7, 11) is 0. The lowest BCUT2D eigenvalue weighted by Crippen LogP contribution is -2.30. The first-order valence-corrected chi connectivity index (χ1v) is 34.7. The van der Waals surface area contributed by atoms with Gasteiger partial charge in [0.2, 0.25) is 0 Å². The van der Waals surface area contributed by atoms with E-state index in [1.807, 2.05) is 0 Å². The van der Waals surface area contributed by atoms with Crippen molar-refractivity contribution < 1.29 is 8.83 Å². The maximum atomic E-state index is 7.17. The molecular weight excluding hydrogens is 1190 g/mol. The van der Waals surface area contributed by atoms with Crippen molar-refractivity contribution in [2.45, 2.75) is 68.6 Å². The van der Waals surface area contributed by atoms with Gasteiger partial charge in [-0.3, -0.25) is 0 Å². The minimum absolute atomic E-state index is 0.240. The molecule has 0 N–H and O–H groups in total. The molecule has 0 spiro atoms. The minimum atomic E-state index is -0.792. The van der Waals surface area contributed by atoms with Gasteiger partial charge in [-0.1, -0.05) is 278 Å². The fourth-order valence-corrected chi connectivity index (χ4v) is 19.9. The van der Waals surface area contributed by atoms with Crippen LogP contribution in [-0.2, 0) is 27.1 Å². The van der Waals surface area contributed by atoms with Gasteiger partial charge in [0.05, 0.1) is 16.5 Å². The summed E-state index contributed by atoms with van der Waals surface area (Å²) in [5.74, 6) is 0. The highest BCUT2D eigenvalue weighted by molar-refractivity contribution is 6.21. The van der Waals surface area contributed by atoms with Crippen LogP contribution in [0.15, 0.2) is 306 Å². The van der Waals surface area contributed by atoms with Crippen molar-refractivity contribution in [2.75, 3.05) is 4.90 Å². The molecule has 98 heavy (non-hydrogen) atoms. The van der Waals surface area contributed by atoms with E-state index in [0.717, 1.165) is 55.6 Å². The van der Waals surface area contributed by atoms with Gasteiger partial charge in [0.25, 0.3) is 0 Å². The molecule has 0 unspecified atom stereocenters. The van der Waals surface area contributed by atoms with E-state index in [1.165, 1.54) is 139 Å². The second-order valence-corrected chi connectivity index (χ2v) is 29.6. The fraction of sp³-hybridized carbons (Fsp3) is 0.116. The van der Waals surface area contributed by atoms with Crippen LogP contribution >= 0.6 is 0 Å². The summed E-state index contributed by atoms with van der Waals surface area (Å²) in [6.45, 7) is 14.6. The van der Waals surface area contributed by atoms with Crippen LogP contribution in [0.1, 0.15) is 119 Å². The van der Waals surface area contributed by atoms with Crippen molar-refractivity contribution in [3.05, 3.63) is 375 Å². The zero-order valence-corrected chi connectivity index (χ0v) is 55.6. The molecule has 3 heteroatoms. The van der Waals surface area contributed by atoms with Crippen molar-refractivity contribution in [3.8, 4) is 55.6 Å². The number of benzene rings is 14. The van der Waals surface area contributed by atoms with Crippen molar-refractivity contribution >= 4 is 60.9 Å². The van der Waals surface area contributed by atoms with E-state index in [1.54, 1.807) is 0 Å². The Labute approximate surface area is 570 Å². The highest BCUT2D eigenvalue weighted by Crippen LogP contribution is 2.67. The maximum Gasteiger partial charge on any atom is 0.144 e. The van der Waals surface area contributed by atoms with Gasteiger partial charge >= 0.3 is 0 Å². The molecule has 0 saturated carbocycles. The molecule has 0 fully saturated rings. The Kier molecular flexibility index (Phi) is 11.0. The lowest BCUT2D eigenvalue weighted by Gasteiger charge is -2.36. The minimum Gasteiger partial charge on any atom is -0.456 e. The monoisotopic (exact) mass is 1250 g/mol. The van der Waals surface area contributed by atoms with E-state index in [2.05, 4.69) is 344 Å². The number of para-hydroxylation sites is 2.